The van der Waals surface area contributed by atoms with E-state index in [0.717, 1.165) is 5.69 Å². The van der Waals surface area contributed by atoms with Crippen LogP contribution in [0.2, 0.25) is 0 Å². The number of H-pyrrole nitrogens is 1. The Morgan fingerprint density at radius 1 is 1.29 bits per heavy atom. The highest BCUT2D eigenvalue weighted by atomic mass is 15.6. The van der Waals surface area contributed by atoms with Crippen molar-refractivity contribution in [3.63, 3.8) is 0 Å². The number of rotatable bonds is 3. The Bertz CT molecular complexity index is 395. The second-order valence-corrected chi connectivity index (χ2v) is 2.56. The van der Waals surface area contributed by atoms with Crippen molar-refractivity contribution in [1.29, 1.82) is 5.53 Å². The van der Waals surface area contributed by atoms with E-state index in [1.165, 1.54) is 11.3 Å². The molecule has 0 spiro atoms. The van der Waals surface area contributed by atoms with Crippen molar-refractivity contribution >= 4 is 11.6 Å². The number of nitrogens with one attached hydrogen (secondary N) is 2. The van der Waals surface area contributed by atoms with Gasteiger partial charge >= 0.3 is 0 Å². The van der Waals surface area contributed by atoms with Gasteiger partial charge in [0.15, 0.2) is 0 Å². The van der Waals surface area contributed by atoms with Gasteiger partial charge in [0.25, 0.3) is 0 Å². The molecule has 0 saturated heterocycles. The van der Waals surface area contributed by atoms with Crippen molar-refractivity contribution in [2.75, 3.05) is 5.01 Å². The molecule has 6 heteroatoms. The number of aromatic nitrogens is 3. The summed E-state index contributed by atoms with van der Waals surface area (Å²) in [5.74, 6) is 0.422. The first kappa shape index (κ1) is 8.36. The number of para-hydroxylation sites is 1. The molecule has 0 radical (unpaired) electrons. The quantitative estimate of drug-likeness (QED) is 0.570. The Balaban J connectivity index is 2.36. The number of anilines is 2. The van der Waals surface area contributed by atoms with Crippen molar-refractivity contribution in [2.45, 2.75) is 0 Å². The lowest BCUT2D eigenvalue weighted by Crippen LogP contribution is -2.08. The van der Waals surface area contributed by atoms with Crippen molar-refractivity contribution in [2.24, 2.45) is 5.22 Å². The molecule has 2 aromatic rings. The maximum Gasteiger partial charge on any atom is 0.248 e. The molecule has 0 atom stereocenters. The zero-order chi connectivity index (χ0) is 9.80. The molecule has 1 heterocycles. The SMILES string of the molecule is N=NN(c1ccccc1)c1ncn[nH]1. The van der Waals surface area contributed by atoms with Crippen LogP contribution in [-0.4, -0.2) is 15.2 Å². The van der Waals surface area contributed by atoms with Crippen molar-refractivity contribution in [3.8, 4) is 0 Å². The smallest absolute Gasteiger partial charge is 0.244 e. The molecule has 0 fully saturated rings. The van der Waals surface area contributed by atoms with Gasteiger partial charge in [-0.05, 0) is 12.1 Å². The van der Waals surface area contributed by atoms with Crippen LogP contribution in [0.1, 0.15) is 0 Å². The minimum Gasteiger partial charge on any atom is -0.244 e. The van der Waals surface area contributed by atoms with Gasteiger partial charge in [-0.3, -0.25) is 0 Å². The summed E-state index contributed by atoms with van der Waals surface area (Å²) < 4.78 is 0. The third kappa shape index (κ3) is 1.45. The number of hydrogen-bond acceptors (Lipinski definition) is 4. The predicted octanol–water partition coefficient (Wildman–Crippen LogP) is 1.89. The van der Waals surface area contributed by atoms with Gasteiger partial charge < -0.3 is 0 Å². The van der Waals surface area contributed by atoms with Gasteiger partial charge in [0.1, 0.15) is 6.33 Å². The monoisotopic (exact) mass is 188 g/mol. The molecule has 0 aliphatic carbocycles. The lowest BCUT2D eigenvalue weighted by molar-refractivity contribution is 0.878. The van der Waals surface area contributed by atoms with Gasteiger partial charge in [-0.2, -0.15) is 20.6 Å². The fourth-order valence-electron chi connectivity index (χ4n) is 1.10. The van der Waals surface area contributed by atoms with Crippen LogP contribution in [-0.2, 0) is 0 Å². The molecule has 0 amide bonds. The molecule has 70 valence electrons. The third-order valence-electron chi connectivity index (χ3n) is 1.70. The summed E-state index contributed by atoms with van der Waals surface area (Å²) in [6.45, 7) is 0. The van der Waals surface area contributed by atoms with Crippen LogP contribution in [0.25, 0.3) is 0 Å². The maximum absolute atomic E-state index is 7.04. The molecule has 14 heavy (non-hydrogen) atoms. The van der Waals surface area contributed by atoms with Gasteiger partial charge in [-0.1, -0.05) is 23.4 Å². The fraction of sp³-hybridized carbons (Fsp3) is 0. The van der Waals surface area contributed by atoms with E-state index in [4.69, 9.17) is 5.53 Å². The van der Waals surface area contributed by atoms with Crippen LogP contribution in [0, 0.1) is 5.53 Å². The second kappa shape index (κ2) is 3.65. The molecule has 1 aromatic heterocycles. The van der Waals surface area contributed by atoms with Crippen LogP contribution in [0.15, 0.2) is 41.9 Å². The summed E-state index contributed by atoms with van der Waals surface area (Å²) in [5.41, 5.74) is 7.80. The molecule has 0 aliphatic heterocycles. The number of aromatic amines is 1. The Morgan fingerprint density at radius 3 is 2.64 bits per heavy atom. The van der Waals surface area contributed by atoms with E-state index >= 15 is 0 Å². The Labute approximate surface area is 80.1 Å². The summed E-state index contributed by atoms with van der Waals surface area (Å²) in [6, 6.07) is 9.29. The number of hydrogen-bond donors (Lipinski definition) is 2. The third-order valence-corrected chi connectivity index (χ3v) is 1.70. The average Bonchev–Trinajstić information content (AvgIpc) is 2.74. The Morgan fingerprint density at radius 2 is 2.07 bits per heavy atom. The summed E-state index contributed by atoms with van der Waals surface area (Å²) >= 11 is 0. The molecular formula is C8H8N6. The molecule has 1 aromatic carbocycles. The van der Waals surface area contributed by atoms with Crippen LogP contribution in [0.5, 0.6) is 0 Å². The van der Waals surface area contributed by atoms with E-state index in [0.29, 0.717) is 5.95 Å². The van der Waals surface area contributed by atoms with Crippen LogP contribution < -0.4 is 5.01 Å². The van der Waals surface area contributed by atoms with Crippen molar-refractivity contribution in [1.82, 2.24) is 15.2 Å². The molecule has 2 rings (SSSR count). The largest absolute Gasteiger partial charge is 0.248 e. The topological polar surface area (TPSA) is 81.0 Å². The zero-order valence-corrected chi connectivity index (χ0v) is 7.25. The van der Waals surface area contributed by atoms with Gasteiger partial charge in [0.2, 0.25) is 5.95 Å². The molecule has 0 saturated carbocycles. The minimum absolute atomic E-state index is 0.422. The lowest BCUT2D eigenvalue weighted by Gasteiger charge is -2.12. The number of nitrogens with zero attached hydrogens (tertiary/aromatic N) is 4. The van der Waals surface area contributed by atoms with E-state index in [1.54, 1.807) is 0 Å². The molecule has 2 N–H and O–H groups in total. The van der Waals surface area contributed by atoms with E-state index in [-0.39, 0.29) is 0 Å². The molecule has 0 aliphatic rings. The van der Waals surface area contributed by atoms with Gasteiger partial charge in [-0.15, -0.1) is 0 Å². The highest BCUT2D eigenvalue weighted by Gasteiger charge is 2.09. The first-order chi connectivity index (χ1) is 6.92. The van der Waals surface area contributed by atoms with Crippen molar-refractivity contribution < 1.29 is 0 Å². The minimum atomic E-state index is 0.422. The van der Waals surface area contributed by atoms with E-state index < -0.39 is 0 Å². The normalized spacial score (nSPS) is 9.71. The van der Waals surface area contributed by atoms with E-state index in [2.05, 4.69) is 20.4 Å². The average molecular weight is 188 g/mol. The van der Waals surface area contributed by atoms with Gasteiger partial charge in [0.05, 0.1) is 5.69 Å². The summed E-state index contributed by atoms with van der Waals surface area (Å²) in [5, 5.41) is 11.0. The van der Waals surface area contributed by atoms with Crippen LogP contribution in [0.3, 0.4) is 0 Å². The maximum atomic E-state index is 7.04. The Kier molecular flexibility index (Phi) is 2.18. The summed E-state index contributed by atoms with van der Waals surface area (Å²) in [4.78, 5) is 3.91. The first-order valence-corrected chi connectivity index (χ1v) is 4.00. The first-order valence-electron chi connectivity index (χ1n) is 4.00. The molecule has 0 bridgehead atoms. The lowest BCUT2D eigenvalue weighted by atomic mass is 10.3. The fourth-order valence-corrected chi connectivity index (χ4v) is 1.10. The van der Waals surface area contributed by atoms with E-state index in [1.807, 2.05) is 30.3 Å². The van der Waals surface area contributed by atoms with E-state index in [9.17, 15) is 0 Å². The Hall–Kier alpha value is -2.24. The number of benzene rings is 1. The van der Waals surface area contributed by atoms with Crippen molar-refractivity contribution in [3.05, 3.63) is 36.7 Å². The standard InChI is InChI=1S/C8H8N6/c9-13-14(8-10-6-11-12-8)7-4-2-1-3-5-7/h1-6,9H,(H,10,11,12). The summed E-state index contributed by atoms with van der Waals surface area (Å²) in [7, 11) is 0. The highest BCUT2D eigenvalue weighted by Crippen LogP contribution is 2.20. The zero-order valence-electron chi connectivity index (χ0n) is 7.25. The van der Waals surface area contributed by atoms with Gasteiger partial charge in [-0.25, -0.2) is 5.10 Å². The molecule has 0 unspecified atom stereocenters. The highest BCUT2D eigenvalue weighted by molar-refractivity contribution is 5.54. The summed E-state index contributed by atoms with van der Waals surface area (Å²) in [6.07, 6.45) is 1.37. The van der Waals surface area contributed by atoms with Crippen LogP contribution >= 0.6 is 0 Å². The second-order valence-electron chi connectivity index (χ2n) is 2.56. The van der Waals surface area contributed by atoms with Crippen LogP contribution in [0.4, 0.5) is 11.6 Å². The molecular weight excluding hydrogens is 180 g/mol. The van der Waals surface area contributed by atoms with Gasteiger partial charge in [0, 0.05) is 0 Å². The predicted molar refractivity (Wildman–Crippen MR) is 50.1 cm³/mol. The molecule has 6 nitrogen and oxygen atoms in total.